The highest BCUT2D eigenvalue weighted by molar-refractivity contribution is 5.85. The predicted molar refractivity (Wildman–Crippen MR) is 152 cm³/mol. The Morgan fingerprint density at radius 3 is 2.46 bits per heavy atom. The number of nitrogens with zero attached hydrogens (tertiary/aromatic N) is 3. The normalized spacial score (nSPS) is 20.5. The van der Waals surface area contributed by atoms with Gasteiger partial charge in [-0.15, -0.1) is 0 Å². The fraction of sp³-hybridized carbons (Fsp3) is 0.645. The zero-order chi connectivity index (χ0) is 28.2. The molecule has 2 fully saturated rings. The van der Waals surface area contributed by atoms with Crippen LogP contribution in [0.4, 0.5) is 5.69 Å². The highest BCUT2D eigenvalue weighted by atomic mass is 16.5. The number of fused-ring (bicyclic) bond motifs is 1. The lowest BCUT2D eigenvalue weighted by Crippen LogP contribution is -2.43. The number of hydrogen-bond donors (Lipinski definition) is 1. The third-order valence-electron chi connectivity index (χ3n) is 7.67. The average molecular weight is 540 g/mol. The van der Waals surface area contributed by atoms with Crippen LogP contribution < -0.4 is 9.64 Å². The average Bonchev–Trinajstić information content (AvgIpc) is 2.89. The van der Waals surface area contributed by atoms with E-state index in [0.29, 0.717) is 36.1 Å². The van der Waals surface area contributed by atoms with Gasteiger partial charge in [-0.3, -0.25) is 9.97 Å². The van der Waals surface area contributed by atoms with Gasteiger partial charge in [0.2, 0.25) is 0 Å². The molecule has 2 aliphatic rings. The first kappa shape index (κ1) is 29.3. The SMILES string of the molecule is Cc1ncc(-c2ccc(OCCOC(C)C)cn2)c(N2CCC3CCCCC3C2)c1[C@H](OC(C)(C)C)C(=O)O. The molecule has 1 aliphatic heterocycles. The van der Waals surface area contributed by atoms with Crippen LogP contribution in [0.25, 0.3) is 11.3 Å². The van der Waals surface area contributed by atoms with Gasteiger partial charge >= 0.3 is 5.97 Å². The number of carboxylic acid groups (broad SMARTS) is 1. The lowest BCUT2D eigenvalue weighted by Gasteiger charge is -2.44. The quantitative estimate of drug-likeness (QED) is 0.356. The maximum atomic E-state index is 12.6. The van der Waals surface area contributed by atoms with Gasteiger partial charge in [0.15, 0.2) is 6.10 Å². The molecular formula is C31H45N3O5. The van der Waals surface area contributed by atoms with Crippen LogP contribution in [-0.2, 0) is 14.3 Å². The van der Waals surface area contributed by atoms with Crippen molar-refractivity contribution in [1.82, 2.24) is 9.97 Å². The van der Waals surface area contributed by atoms with E-state index in [0.717, 1.165) is 42.4 Å². The molecule has 1 saturated carbocycles. The van der Waals surface area contributed by atoms with Gasteiger partial charge in [0.1, 0.15) is 12.4 Å². The third-order valence-corrected chi connectivity index (χ3v) is 7.67. The highest BCUT2D eigenvalue weighted by Crippen LogP contribution is 2.44. The minimum Gasteiger partial charge on any atom is -0.490 e. The number of anilines is 1. The van der Waals surface area contributed by atoms with E-state index in [4.69, 9.17) is 19.2 Å². The van der Waals surface area contributed by atoms with Gasteiger partial charge in [-0.05, 0) is 78.4 Å². The second kappa shape index (κ2) is 12.6. The Labute approximate surface area is 233 Å². The lowest BCUT2D eigenvalue weighted by molar-refractivity contribution is -0.160. The topological polar surface area (TPSA) is 94.0 Å². The van der Waals surface area contributed by atoms with Crippen LogP contribution in [0.3, 0.4) is 0 Å². The summed E-state index contributed by atoms with van der Waals surface area (Å²) in [4.78, 5) is 24.4. The molecule has 8 nitrogen and oxygen atoms in total. The fourth-order valence-corrected chi connectivity index (χ4v) is 5.91. The molecule has 0 amide bonds. The zero-order valence-electron chi connectivity index (χ0n) is 24.4. The van der Waals surface area contributed by atoms with Crippen molar-refractivity contribution in [3.8, 4) is 17.0 Å². The van der Waals surface area contributed by atoms with Gasteiger partial charge in [-0.2, -0.15) is 0 Å². The smallest absolute Gasteiger partial charge is 0.337 e. The second-order valence-corrected chi connectivity index (χ2v) is 12.2. The number of piperidine rings is 1. The largest absolute Gasteiger partial charge is 0.490 e. The number of carboxylic acids is 1. The van der Waals surface area contributed by atoms with Crippen molar-refractivity contribution in [1.29, 1.82) is 0 Å². The van der Waals surface area contributed by atoms with E-state index in [2.05, 4.69) is 9.88 Å². The van der Waals surface area contributed by atoms with Gasteiger partial charge < -0.3 is 24.2 Å². The summed E-state index contributed by atoms with van der Waals surface area (Å²) < 4.78 is 17.5. The first-order valence-corrected chi connectivity index (χ1v) is 14.4. The van der Waals surface area contributed by atoms with E-state index in [1.54, 1.807) is 6.20 Å². The summed E-state index contributed by atoms with van der Waals surface area (Å²) in [5, 5.41) is 10.3. The molecule has 3 atom stereocenters. The van der Waals surface area contributed by atoms with E-state index in [9.17, 15) is 9.90 Å². The first-order chi connectivity index (χ1) is 18.5. The summed E-state index contributed by atoms with van der Waals surface area (Å²) in [6.45, 7) is 14.3. The van der Waals surface area contributed by atoms with Crippen molar-refractivity contribution in [2.45, 2.75) is 91.5 Å². The van der Waals surface area contributed by atoms with Crippen LogP contribution >= 0.6 is 0 Å². The lowest BCUT2D eigenvalue weighted by atomic mass is 9.75. The van der Waals surface area contributed by atoms with E-state index in [1.165, 1.54) is 25.7 Å². The monoisotopic (exact) mass is 539 g/mol. The molecular weight excluding hydrogens is 494 g/mol. The maximum Gasteiger partial charge on any atom is 0.337 e. The molecule has 0 spiro atoms. The van der Waals surface area contributed by atoms with Crippen LogP contribution in [-0.4, -0.2) is 59.1 Å². The fourth-order valence-electron chi connectivity index (χ4n) is 5.91. The summed E-state index contributed by atoms with van der Waals surface area (Å²) in [5.74, 6) is 1.02. The molecule has 3 heterocycles. The van der Waals surface area contributed by atoms with Crippen molar-refractivity contribution in [3.63, 3.8) is 0 Å². The minimum absolute atomic E-state index is 0.159. The van der Waals surface area contributed by atoms with Gasteiger partial charge in [-0.25, -0.2) is 4.79 Å². The third kappa shape index (κ3) is 7.48. The molecule has 0 aromatic carbocycles. The minimum atomic E-state index is -1.14. The van der Waals surface area contributed by atoms with Crippen molar-refractivity contribution in [2.75, 3.05) is 31.2 Å². The number of aromatic nitrogens is 2. The Kier molecular flexibility index (Phi) is 9.49. The molecule has 1 N–H and O–H groups in total. The summed E-state index contributed by atoms with van der Waals surface area (Å²) in [6, 6.07) is 3.82. The molecule has 1 saturated heterocycles. The van der Waals surface area contributed by atoms with Gasteiger partial charge in [0.05, 0.1) is 35.9 Å². The van der Waals surface area contributed by atoms with Crippen LogP contribution in [0.15, 0.2) is 24.5 Å². The van der Waals surface area contributed by atoms with Crippen LogP contribution in [0.5, 0.6) is 5.75 Å². The van der Waals surface area contributed by atoms with Crippen molar-refractivity contribution in [3.05, 3.63) is 35.8 Å². The van der Waals surface area contributed by atoms with Crippen LogP contribution in [0.1, 0.15) is 84.1 Å². The number of aryl methyl sites for hydroxylation is 1. The standard InChI is InChI=1S/C31H45N3O5/c1-20(2)37-15-16-38-24-11-12-26(33-17-24)25-18-32-21(3)27(29(30(35)36)39-31(4,5)6)28(25)34-14-13-22-9-7-8-10-23(22)19-34/h11-12,17-18,20,22-23,29H,7-10,13-16,19H2,1-6H3,(H,35,36)/t22?,23?,29-/m0/s1. The molecule has 2 aromatic heterocycles. The highest BCUT2D eigenvalue weighted by Gasteiger charge is 2.37. The van der Waals surface area contributed by atoms with Crippen LogP contribution in [0, 0.1) is 18.8 Å². The molecule has 8 heteroatoms. The number of ether oxygens (including phenoxy) is 3. The molecule has 2 aromatic rings. The summed E-state index contributed by atoms with van der Waals surface area (Å²) >= 11 is 0. The van der Waals surface area contributed by atoms with E-state index in [1.807, 2.05) is 59.9 Å². The molecule has 1 aliphatic carbocycles. The Hall–Kier alpha value is -2.71. The first-order valence-electron chi connectivity index (χ1n) is 14.4. The Morgan fingerprint density at radius 2 is 1.82 bits per heavy atom. The number of aliphatic carboxylic acids is 1. The summed E-state index contributed by atoms with van der Waals surface area (Å²) in [7, 11) is 0. The molecule has 0 bridgehead atoms. The Bertz CT molecular complexity index is 1110. The van der Waals surface area contributed by atoms with E-state index < -0.39 is 17.7 Å². The zero-order valence-corrected chi connectivity index (χ0v) is 24.4. The van der Waals surface area contributed by atoms with E-state index in [-0.39, 0.29) is 6.10 Å². The molecule has 0 radical (unpaired) electrons. The number of rotatable bonds is 10. The number of carbonyl (C=O) groups is 1. The maximum absolute atomic E-state index is 12.6. The van der Waals surface area contributed by atoms with Crippen molar-refractivity contribution in [2.24, 2.45) is 11.8 Å². The molecule has 39 heavy (non-hydrogen) atoms. The summed E-state index contributed by atoms with van der Waals surface area (Å²) in [5.41, 5.74) is 3.09. The number of pyridine rings is 2. The summed E-state index contributed by atoms with van der Waals surface area (Å²) in [6.07, 6.45) is 8.77. The van der Waals surface area contributed by atoms with Crippen molar-refractivity contribution < 1.29 is 24.1 Å². The Balaban J connectivity index is 1.73. The number of hydrogen-bond acceptors (Lipinski definition) is 7. The predicted octanol–water partition coefficient (Wildman–Crippen LogP) is 6.21. The van der Waals surface area contributed by atoms with E-state index >= 15 is 0 Å². The van der Waals surface area contributed by atoms with Gasteiger partial charge in [0, 0.05) is 36.1 Å². The molecule has 4 rings (SSSR count). The molecule has 2 unspecified atom stereocenters. The Morgan fingerprint density at radius 1 is 1.08 bits per heavy atom. The molecule has 214 valence electrons. The second-order valence-electron chi connectivity index (χ2n) is 12.2. The van der Waals surface area contributed by atoms with Crippen molar-refractivity contribution >= 4 is 11.7 Å². The van der Waals surface area contributed by atoms with Gasteiger partial charge in [0.25, 0.3) is 0 Å². The van der Waals surface area contributed by atoms with Gasteiger partial charge in [-0.1, -0.05) is 19.3 Å². The van der Waals surface area contributed by atoms with Crippen LogP contribution in [0.2, 0.25) is 0 Å².